The topological polar surface area (TPSA) is 87.2 Å². The van der Waals surface area contributed by atoms with Crippen molar-refractivity contribution in [3.05, 3.63) is 76.1 Å². The molecule has 0 aliphatic rings. The number of H-pyrrole nitrogens is 1. The number of hydrogen-bond acceptors (Lipinski definition) is 3. The first-order valence-corrected chi connectivity index (χ1v) is 11.7. The van der Waals surface area contributed by atoms with Crippen LogP contribution in [0.5, 0.6) is 0 Å². The highest BCUT2D eigenvalue weighted by molar-refractivity contribution is 5.90. The maximum absolute atomic E-state index is 14.0. The summed E-state index contributed by atoms with van der Waals surface area (Å²) < 4.78 is 53.3. The molecule has 0 bridgehead atoms. The van der Waals surface area contributed by atoms with E-state index in [2.05, 4.69) is 10.3 Å². The molecule has 0 aliphatic heterocycles. The van der Waals surface area contributed by atoms with Gasteiger partial charge in [-0.2, -0.15) is 13.2 Å². The molecule has 0 spiro atoms. The van der Waals surface area contributed by atoms with Crippen LogP contribution in [0.3, 0.4) is 0 Å². The number of nitrogens with one attached hydrogen (secondary N) is 2. The van der Waals surface area contributed by atoms with E-state index in [4.69, 9.17) is 0 Å². The monoisotopic (exact) mass is 520 g/mol. The van der Waals surface area contributed by atoms with Gasteiger partial charge in [0, 0.05) is 49.7 Å². The second kappa shape index (κ2) is 11.9. The van der Waals surface area contributed by atoms with E-state index in [-0.39, 0.29) is 42.5 Å². The molecule has 0 atom stereocenters. The van der Waals surface area contributed by atoms with Gasteiger partial charge < -0.3 is 19.8 Å². The average molecular weight is 521 g/mol. The second-order valence-corrected chi connectivity index (χ2v) is 8.87. The van der Waals surface area contributed by atoms with Crippen LogP contribution in [0.15, 0.2) is 53.5 Å². The molecule has 7 nitrogen and oxygen atoms in total. The number of fused-ring (bicyclic) bond motifs is 1. The van der Waals surface area contributed by atoms with Crippen molar-refractivity contribution in [2.75, 3.05) is 19.4 Å². The zero-order valence-electron chi connectivity index (χ0n) is 20.5. The summed E-state index contributed by atoms with van der Waals surface area (Å²) >= 11 is 0. The Morgan fingerprint density at radius 2 is 1.95 bits per heavy atom. The molecule has 3 aromatic rings. The van der Waals surface area contributed by atoms with Crippen molar-refractivity contribution in [3.63, 3.8) is 0 Å². The van der Waals surface area contributed by atoms with Gasteiger partial charge in [-0.1, -0.05) is 6.08 Å². The summed E-state index contributed by atoms with van der Waals surface area (Å²) in [7, 11) is 3.28. The largest absolute Gasteiger partial charge is 0.389 e. The highest BCUT2D eigenvalue weighted by Gasteiger charge is 2.27. The van der Waals surface area contributed by atoms with Crippen LogP contribution in [0, 0.1) is 5.82 Å². The van der Waals surface area contributed by atoms with Crippen LogP contribution in [-0.2, 0) is 22.6 Å². The van der Waals surface area contributed by atoms with Crippen molar-refractivity contribution >= 4 is 28.4 Å². The molecule has 0 unspecified atom stereocenters. The Morgan fingerprint density at radius 1 is 1.19 bits per heavy atom. The van der Waals surface area contributed by atoms with Gasteiger partial charge in [-0.05, 0) is 61.2 Å². The second-order valence-electron chi connectivity index (χ2n) is 8.87. The molecule has 0 saturated carbocycles. The van der Waals surface area contributed by atoms with Crippen LogP contribution in [0.1, 0.15) is 36.9 Å². The van der Waals surface area contributed by atoms with Crippen LogP contribution in [0.25, 0.3) is 10.9 Å². The minimum Gasteiger partial charge on any atom is -0.357 e. The van der Waals surface area contributed by atoms with Crippen molar-refractivity contribution in [2.45, 2.75) is 44.8 Å². The molecule has 0 radical (unpaired) electrons. The van der Waals surface area contributed by atoms with Crippen LogP contribution < -0.4 is 10.9 Å². The smallest absolute Gasteiger partial charge is 0.357 e. The molecule has 0 saturated heterocycles. The summed E-state index contributed by atoms with van der Waals surface area (Å²) in [4.78, 5) is 41.1. The number of rotatable bonds is 10. The molecule has 3 rings (SSSR count). The Bertz CT molecular complexity index is 1360. The van der Waals surface area contributed by atoms with Crippen molar-refractivity contribution in [3.8, 4) is 0 Å². The van der Waals surface area contributed by atoms with Crippen LogP contribution in [0.4, 0.5) is 23.2 Å². The quantitative estimate of drug-likeness (QED) is 0.230. The molecule has 2 heterocycles. The lowest BCUT2D eigenvalue weighted by atomic mass is 10.1. The Balaban J connectivity index is 1.67. The van der Waals surface area contributed by atoms with Gasteiger partial charge in [0.25, 0.3) is 5.56 Å². The molecular weight excluding hydrogens is 492 g/mol. The van der Waals surface area contributed by atoms with E-state index in [9.17, 15) is 31.9 Å². The van der Waals surface area contributed by atoms with Crippen molar-refractivity contribution < 1.29 is 27.2 Å². The number of allylic oxidation sites excluding steroid dienone is 1. The van der Waals surface area contributed by atoms with E-state index in [0.717, 1.165) is 6.07 Å². The molecule has 1 aromatic carbocycles. The SMILES string of the molecule is CN(C)C(=O)/C=C/CCCC(=O)Nc1cccn(Cc2cc3cc(F)cc(CCC(F)(F)F)c3[nH]2)c1=O. The van der Waals surface area contributed by atoms with Crippen molar-refractivity contribution in [1.29, 1.82) is 0 Å². The number of hydrogen-bond donors (Lipinski definition) is 2. The number of nitrogens with zero attached hydrogens (tertiary/aromatic N) is 2. The number of anilines is 1. The number of unbranched alkanes of at least 4 members (excludes halogenated alkanes) is 1. The van der Waals surface area contributed by atoms with E-state index in [1.807, 2.05) is 0 Å². The van der Waals surface area contributed by atoms with Gasteiger partial charge in [-0.15, -0.1) is 0 Å². The first kappa shape index (κ1) is 27.7. The fraction of sp³-hybridized carbons (Fsp3) is 0.346. The van der Waals surface area contributed by atoms with Gasteiger partial charge in [0.15, 0.2) is 0 Å². The zero-order chi connectivity index (χ0) is 27.2. The number of likely N-dealkylation sites (N-methyl/N-ethyl adjacent to an activating group) is 1. The number of benzene rings is 1. The maximum atomic E-state index is 14.0. The number of aromatic amines is 1. The van der Waals surface area contributed by atoms with Gasteiger partial charge in [0.2, 0.25) is 11.8 Å². The summed E-state index contributed by atoms with van der Waals surface area (Å²) in [5, 5.41) is 3.00. The summed E-state index contributed by atoms with van der Waals surface area (Å²) in [5.74, 6) is -1.14. The van der Waals surface area contributed by atoms with Gasteiger partial charge in [0.05, 0.1) is 6.54 Å². The highest BCUT2D eigenvalue weighted by Crippen LogP contribution is 2.27. The van der Waals surface area contributed by atoms with Gasteiger partial charge in [-0.25, -0.2) is 4.39 Å². The van der Waals surface area contributed by atoms with Crippen LogP contribution in [-0.4, -0.2) is 46.5 Å². The van der Waals surface area contributed by atoms with Gasteiger partial charge >= 0.3 is 6.18 Å². The molecule has 0 fully saturated rings. The third-order valence-corrected chi connectivity index (χ3v) is 5.62. The molecule has 11 heteroatoms. The minimum atomic E-state index is -4.37. The average Bonchev–Trinajstić information content (AvgIpc) is 3.21. The zero-order valence-corrected chi connectivity index (χ0v) is 20.5. The molecular formula is C26H28F4N4O3. The number of aryl methyl sites for hydroxylation is 1. The number of carbonyl (C=O) groups is 2. The molecule has 198 valence electrons. The number of amides is 2. The Morgan fingerprint density at radius 3 is 2.65 bits per heavy atom. The van der Waals surface area contributed by atoms with E-state index >= 15 is 0 Å². The van der Waals surface area contributed by atoms with E-state index in [0.29, 0.717) is 29.4 Å². The van der Waals surface area contributed by atoms with E-state index < -0.39 is 24.0 Å². The normalized spacial score (nSPS) is 11.8. The summed E-state index contributed by atoms with van der Waals surface area (Å²) in [5.41, 5.74) is 0.708. The number of aromatic nitrogens is 2. The third kappa shape index (κ3) is 8.06. The molecule has 2 amide bonds. The Labute approximate surface area is 210 Å². The van der Waals surface area contributed by atoms with Crippen molar-refractivity contribution in [1.82, 2.24) is 14.5 Å². The van der Waals surface area contributed by atoms with Crippen LogP contribution >= 0.6 is 0 Å². The highest BCUT2D eigenvalue weighted by atomic mass is 19.4. The molecule has 0 aliphatic carbocycles. The molecule has 2 N–H and O–H groups in total. The van der Waals surface area contributed by atoms with Gasteiger partial charge in [0.1, 0.15) is 11.5 Å². The maximum Gasteiger partial charge on any atom is 0.389 e. The van der Waals surface area contributed by atoms with Crippen molar-refractivity contribution in [2.24, 2.45) is 0 Å². The first-order chi connectivity index (χ1) is 17.4. The van der Waals surface area contributed by atoms with E-state index in [1.165, 1.54) is 33.9 Å². The number of alkyl halides is 3. The number of carbonyl (C=O) groups excluding carboxylic acids is 2. The predicted octanol–water partition coefficient (Wildman–Crippen LogP) is 4.77. The lowest BCUT2D eigenvalue weighted by molar-refractivity contribution is -0.134. The van der Waals surface area contributed by atoms with Gasteiger partial charge in [-0.3, -0.25) is 14.4 Å². The predicted molar refractivity (Wildman–Crippen MR) is 133 cm³/mol. The summed E-state index contributed by atoms with van der Waals surface area (Å²) in [6, 6.07) is 6.94. The Kier molecular flexibility index (Phi) is 8.90. The third-order valence-electron chi connectivity index (χ3n) is 5.62. The molecule has 37 heavy (non-hydrogen) atoms. The number of pyridine rings is 1. The van der Waals surface area contributed by atoms with Crippen LogP contribution in [0.2, 0.25) is 0 Å². The minimum absolute atomic E-state index is 0.0439. The van der Waals surface area contributed by atoms with E-state index in [1.54, 1.807) is 32.3 Å². The first-order valence-electron chi connectivity index (χ1n) is 11.7. The Hall–Kier alpha value is -3.89. The lowest BCUT2D eigenvalue weighted by Crippen LogP contribution is -2.25. The molecule has 2 aromatic heterocycles. The summed E-state index contributed by atoms with van der Waals surface area (Å²) in [6.45, 7) is 0.0439. The fourth-order valence-electron chi connectivity index (χ4n) is 3.76. The summed E-state index contributed by atoms with van der Waals surface area (Å²) in [6.07, 6.45) is -0.00739. The lowest BCUT2D eigenvalue weighted by Gasteiger charge is -2.09. The number of halogens is 4. The standard InChI is InChI=1S/C26H28F4N4O3/c1-33(2)23(36)9-5-3-4-8-22(35)32-21-7-6-12-34(25(21)37)16-20-15-18-14-19(27)13-17(24(18)31-20)10-11-26(28,29)30/h5-7,9,12-15,31H,3-4,8,10-11,16H2,1-2H3,(H,32,35)/b9-5+. The fourth-order valence-corrected chi connectivity index (χ4v) is 3.76.